The summed E-state index contributed by atoms with van der Waals surface area (Å²) >= 11 is 0. The van der Waals surface area contributed by atoms with E-state index >= 15 is 0 Å². The van der Waals surface area contributed by atoms with Crippen molar-refractivity contribution in [2.45, 2.75) is 64.8 Å². The molecule has 1 saturated carbocycles. The first-order chi connectivity index (χ1) is 8.98. The maximum atomic E-state index is 5.73. The average Bonchev–Trinajstić information content (AvgIpc) is 3.10. The van der Waals surface area contributed by atoms with Crippen LogP contribution in [0, 0.1) is 0 Å². The number of aromatic nitrogens is 2. The highest BCUT2D eigenvalue weighted by atomic mass is 16.5. The molecule has 1 aliphatic rings. The van der Waals surface area contributed by atoms with Gasteiger partial charge in [-0.25, -0.2) is 4.98 Å². The van der Waals surface area contributed by atoms with E-state index in [4.69, 9.17) is 4.74 Å². The number of hydrogen-bond acceptors (Lipinski definition) is 4. The smallest absolute Gasteiger partial charge is 0.218 e. The van der Waals surface area contributed by atoms with Crippen LogP contribution < -0.4 is 10.1 Å². The van der Waals surface area contributed by atoms with Gasteiger partial charge in [0.25, 0.3) is 0 Å². The van der Waals surface area contributed by atoms with Gasteiger partial charge < -0.3 is 10.1 Å². The van der Waals surface area contributed by atoms with Crippen molar-refractivity contribution < 1.29 is 4.74 Å². The molecule has 0 saturated heterocycles. The topological polar surface area (TPSA) is 47.0 Å². The Morgan fingerprint density at radius 1 is 1.32 bits per heavy atom. The highest BCUT2D eigenvalue weighted by molar-refractivity contribution is 5.41. The molecule has 0 aliphatic heterocycles. The molecule has 1 aliphatic carbocycles. The molecule has 4 heteroatoms. The third-order valence-corrected chi connectivity index (χ3v) is 2.91. The fourth-order valence-corrected chi connectivity index (χ4v) is 1.81. The Balaban J connectivity index is 2.12. The lowest BCUT2D eigenvalue weighted by atomic mass is 10.1. The van der Waals surface area contributed by atoms with E-state index in [1.165, 1.54) is 12.8 Å². The van der Waals surface area contributed by atoms with Crippen LogP contribution in [0.2, 0.25) is 0 Å². The number of nitrogens with zero attached hydrogens (tertiary/aromatic N) is 2. The molecular weight excluding hydrogens is 238 g/mol. The van der Waals surface area contributed by atoms with Crippen LogP contribution in [0.3, 0.4) is 0 Å². The van der Waals surface area contributed by atoms with Crippen molar-refractivity contribution in [3.8, 4) is 5.88 Å². The third-order valence-electron chi connectivity index (χ3n) is 2.91. The van der Waals surface area contributed by atoms with E-state index < -0.39 is 0 Å². The zero-order valence-electron chi connectivity index (χ0n) is 12.5. The number of rotatable bonds is 6. The van der Waals surface area contributed by atoms with Crippen LogP contribution in [0.4, 0.5) is 5.82 Å². The van der Waals surface area contributed by atoms with Crippen molar-refractivity contribution in [2.75, 3.05) is 11.9 Å². The molecule has 0 unspecified atom stereocenters. The molecule has 1 N–H and O–H groups in total. The van der Waals surface area contributed by atoms with Crippen LogP contribution in [0.25, 0.3) is 0 Å². The van der Waals surface area contributed by atoms with Gasteiger partial charge in [0.05, 0.1) is 6.61 Å². The van der Waals surface area contributed by atoms with Crippen LogP contribution in [-0.4, -0.2) is 22.1 Å². The molecule has 0 atom stereocenters. The van der Waals surface area contributed by atoms with Crippen molar-refractivity contribution in [3.63, 3.8) is 0 Å². The fraction of sp³-hybridized carbons (Fsp3) is 0.733. The number of ether oxygens (including phenoxy) is 1. The van der Waals surface area contributed by atoms with Gasteiger partial charge in [0.2, 0.25) is 5.88 Å². The first-order valence-electron chi connectivity index (χ1n) is 7.28. The van der Waals surface area contributed by atoms with Gasteiger partial charge in [-0.2, -0.15) is 4.98 Å². The highest BCUT2D eigenvalue weighted by Crippen LogP contribution is 2.39. The van der Waals surface area contributed by atoms with Crippen LogP contribution in [0.1, 0.15) is 65.1 Å². The minimum atomic E-state index is -0.00410. The van der Waals surface area contributed by atoms with Gasteiger partial charge in [-0.15, -0.1) is 0 Å². The maximum Gasteiger partial charge on any atom is 0.218 e. The van der Waals surface area contributed by atoms with E-state index in [0.29, 0.717) is 11.8 Å². The molecule has 1 aromatic heterocycles. The van der Waals surface area contributed by atoms with Crippen LogP contribution in [-0.2, 0) is 0 Å². The number of anilines is 1. The summed E-state index contributed by atoms with van der Waals surface area (Å²) in [7, 11) is 0. The Kier molecular flexibility index (Phi) is 4.27. The van der Waals surface area contributed by atoms with Crippen molar-refractivity contribution in [3.05, 3.63) is 11.9 Å². The molecular formula is C15H25N3O. The van der Waals surface area contributed by atoms with E-state index in [1.54, 1.807) is 0 Å². The molecule has 19 heavy (non-hydrogen) atoms. The Hall–Kier alpha value is -1.32. The predicted octanol–water partition coefficient (Wildman–Crippen LogP) is 3.74. The fourth-order valence-electron chi connectivity index (χ4n) is 1.81. The molecule has 0 amide bonds. The van der Waals surface area contributed by atoms with Crippen molar-refractivity contribution in [1.82, 2.24) is 9.97 Å². The SMILES string of the molecule is CCCCOc1cc(NC(C)(C)C)nc(C2CC2)n1. The first-order valence-corrected chi connectivity index (χ1v) is 7.28. The van der Waals surface area contributed by atoms with Gasteiger partial charge in [0.15, 0.2) is 0 Å². The van der Waals surface area contributed by atoms with Gasteiger partial charge in [0.1, 0.15) is 11.6 Å². The molecule has 2 rings (SSSR count). The Labute approximate surface area is 116 Å². The molecule has 0 radical (unpaired) electrons. The molecule has 0 bridgehead atoms. The lowest BCUT2D eigenvalue weighted by molar-refractivity contribution is 0.296. The predicted molar refractivity (Wildman–Crippen MR) is 77.8 cm³/mol. The largest absolute Gasteiger partial charge is 0.478 e. The second-order valence-corrected chi connectivity index (χ2v) is 6.30. The van der Waals surface area contributed by atoms with Crippen LogP contribution >= 0.6 is 0 Å². The van der Waals surface area contributed by atoms with Gasteiger partial charge in [0, 0.05) is 17.5 Å². The summed E-state index contributed by atoms with van der Waals surface area (Å²) in [5, 5.41) is 3.40. The Morgan fingerprint density at radius 3 is 2.63 bits per heavy atom. The van der Waals surface area contributed by atoms with E-state index in [0.717, 1.165) is 31.1 Å². The molecule has 4 nitrogen and oxygen atoms in total. The summed E-state index contributed by atoms with van der Waals surface area (Å²) in [5.74, 6) is 3.05. The van der Waals surface area contributed by atoms with Gasteiger partial charge >= 0.3 is 0 Å². The monoisotopic (exact) mass is 263 g/mol. The Morgan fingerprint density at radius 2 is 2.05 bits per heavy atom. The van der Waals surface area contributed by atoms with Crippen LogP contribution in [0.5, 0.6) is 5.88 Å². The molecule has 1 aromatic rings. The van der Waals surface area contributed by atoms with E-state index in [-0.39, 0.29) is 5.54 Å². The lowest BCUT2D eigenvalue weighted by Gasteiger charge is -2.22. The normalized spacial score (nSPS) is 15.4. The van der Waals surface area contributed by atoms with Gasteiger partial charge in [-0.1, -0.05) is 13.3 Å². The first kappa shape index (κ1) is 14.1. The molecule has 0 spiro atoms. The summed E-state index contributed by atoms with van der Waals surface area (Å²) in [6.07, 6.45) is 4.60. The number of unbranched alkanes of at least 4 members (excludes halogenated alkanes) is 1. The zero-order valence-corrected chi connectivity index (χ0v) is 12.5. The second-order valence-electron chi connectivity index (χ2n) is 6.30. The molecule has 0 aromatic carbocycles. The highest BCUT2D eigenvalue weighted by Gasteiger charge is 2.28. The maximum absolute atomic E-state index is 5.73. The van der Waals surface area contributed by atoms with E-state index in [9.17, 15) is 0 Å². The Bertz CT molecular complexity index is 422. The summed E-state index contributed by atoms with van der Waals surface area (Å²) in [6.45, 7) is 9.27. The number of hydrogen-bond donors (Lipinski definition) is 1. The summed E-state index contributed by atoms with van der Waals surface area (Å²) in [6, 6.07) is 1.91. The van der Waals surface area contributed by atoms with Crippen molar-refractivity contribution in [2.24, 2.45) is 0 Å². The summed E-state index contributed by atoms with van der Waals surface area (Å²) in [5.41, 5.74) is -0.00410. The quantitative estimate of drug-likeness (QED) is 0.794. The lowest BCUT2D eigenvalue weighted by Crippen LogP contribution is -2.27. The van der Waals surface area contributed by atoms with Crippen LogP contribution in [0.15, 0.2) is 6.07 Å². The summed E-state index contributed by atoms with van der Waals surface area (Å²) in [4.78, 5) is 9.13. The average molecular weight is 263 g/mol. The third kappa shape index (κ3) is 4.69. The van der Waals surface area contributed by atoms with E-state index in [2.05, 4.69) is 43.0 Å². The standard InChI is InChI=1S/C15H25N3O/c1-5-6-9-19-13-10-12(18-15(2,3)4)16-14(17-13)11-7-8-11/h10-11H,5-9H2,1-4H3,(H,16,17,18). The minimum absolute atomic E-state index is 0.00410. The number of nitrogens with one attached hydrogen (secondary N) is 1. The molecule has 1 fully saturated rings. The van der Waals surface area contributed by atoms with Gasteiger partial charge in [-0.3, -0.25) is 0 Å². The zero-order chi connectivity index (χ0) is 13.9. The van der Waals surface area contributed by atoms with E-state index in [1.807, 2.05) is 6.07 Å². The van der Waals surface area contributed by atoms with Crippen molar-refractivity contribution >= 4 is 5.82 Å². The van der Waals surface area contributed by atoms with Gasteiger partial charge in [-0.05, 0) is 40.0 Å². The molecule has 1 heterocycles. The second kappa shape index (κ2) is 5.76. The van der Waals surface area contributed by atoms with Crippen molar-refractivity contribution in [1.29, 1.82) is 0 Å². The summed E-state index contributed by atoms with van der Waals surface area (Å²) < 4.78 is 5.73. The minimum Gasteiger partial charge on any atom is -0.478 e. The molecule has 106 valence electrons.